The van der Waals surface area contributed by atoms with E-state index in [0.717, 1.165) is 6.42 Å². The molecule has 0 radical (unpaired) electrons. The van der Waals surface area contributed by atoms with E-state index in [1.54, 1.807) is 18.2 Å². The highest BCUT2D eigenvalue weighted by atomic mass is 35.5. The molecule has 3 rings (SSSR count). The van der Waals surface area contributed by atoms with Crippen molar-refractivity contribution in [1.82, 2.24) is 0 Å². The molecule has 0 unspecified atom stereocenters. The summed E-state index contributed by atoms with van der Waals surface area (Å²) in [5.74, 6) is 1.04. The number of benzene rings is 1. The van der Waals surface area contributed by atoms with Crippen LogP contribution in [0.25, 0.3) is 6.08 Å². The van der Waals surface area contributed by atoms with E-state index in [4.69, 9.17) is 20.8 Å². The molecule has 3 nitrogen and oxygen atoms in total. The van der Waals surface area contributed by atoms with Gasteiger partial charge in [-0.1, -0.05) is 18.5 Å². The first-order valence-corrected chi connectivity index (χ1v) is 9.22. The number of allylic oxidation sites excluding steroid dienone is 1. The minimum Gasteiger partial charge on any atom is -0.486 e. The molecule has 0 fully saturated rings. The van der Waals surface area contributed by atoms with E-state index in [0.29, 0.717) is 22.1 Å². The van der Waals surface area contributed by atoms with Gasteiger partial charge in [-0.2, -0.15) is 0 Å². The molecule has 2 heterocycles. The van der Waals surface area contributed by atoms with Crippen molar-refractivity contribution >= 4 is 34.8 Å². The monoisotopic (exact) mass is 390 g/mol. The van der Waals surface area contributed by atoms with E-state index in [2.05, 4.69) is 6.92 Å². The smallest absolute Gasteiger partial charge is 0.195 e. The molecular formula is C20H16ClFO3S. The molecule has 0 aliphatic carbocycles. The van der Waals surface area contributed by atoms with E-state index in [9.17, 15) is 9.18 Å². The van der Waals surface area contributed by atoms with Crippen LogP contribution in [-0.4, -0.2) is 5.78 Å². The minimum atomic E-state index is -0.495. The standard InChI is InChI=1S/C20H16ClFO3S/c1-2-16-7-10-20(26-16)19(23)9-6-13-3-4-15(25-13)12-24-14-5-8-18(22)17(21)11-14/h3-11H,2,12H2,1H3/b9-6+. The van der Waals surface area contributed by atoms with E-state index in [-0.39, 0.29) is 17.4 Å². The maximum absolute atomic E-state index is 13.1. The van der Waals surface area contributed by atoms with Gasteiger partial charge in [-0.25, -0.2) is 4.39 Å². The van der Waals surface area contributed by atoms with Crippen LogP contribution in [0.5, 0.6) is 5.75 Å². The van der Waals surface area contributed by atoms with E-state index in [1.165, 1.54) is 40.5 Å². The molecular weight excluding hydrogens is 375 g/mol. The number of hydrogen-bond acceptors (Lipinski definition) is 4. The quantitative estimate of drug-likeness (QED) is 0.357. The van der Waals surface area contributed by atoms with Crippen LogP contribution in [0, 0.1) is 5.82 Å². The number of aryl methyl sites for hydroxylation is 1. The normalized spacial score (nSPS) is 11.2. The van der Waals surface area contributed by atoms with Crippen molar-refractivity contribution < 1.29 is 18.3 Å². The molecule has 0 saturated carbocycles. The third-order valence-corrected chi connectivity index (χ3v) is 5.14. The highest BCUT2D eigenvalue weighted by Crippen LogP contribution is 2.22. The van der Waals surface area contributed by atoms with Crippen LogP contribution in [0.3, 0.4) is 0 Å². The summed E-state index contributed by atoms with van der Waals surface area (Å²) in [6.45, 7) is 2.23. The van der Waals surface area contributed by atoms with Crippen LogP contribution in [-0.2, 0) is 13.0 Å². The van der Waals surface area contributed by atoms with E-state index >= 15 is 0 Å². The highest BCUT2D eigenvalue weighted by Gasteiger charge is 2.07. The van der Waals surface area contributed by atoms with Crippen LogP contribution in [0.1, 0.15) is 33.0 Å². The average molecular weight is 391 g/mol. The third-order valence-electron chi connectivity index (χ3n) is 3.61. The summed E-state index contributed by atoms with van der Waals surface area (Å²) in [6.07, 6.45) is 4.04. The van der Waals surface area contributed by atoms with Crippen LogP contribution in [0.15, 0.2) is 53.0 Å². The fourth-order valence-corrected chi connectivity index (χ4v) is 3.26. The largest absolute Gasteiger partial charge is 0.486 e. The lowest BCUT2D eigenvalue weighted by atomic mass is 10.2. The fraction of sp³-hybridized carbons (Fsp3) is 0.150. The zero-order chi connectivity index (χ0) is 18.5. The second kappa shape index (κ2) is 8.34. The molecule has 3 aromatic rings. The number of ketones is 1. The zero-order valence-electron chi connectivity index (χ0n) is 14.0. The molecule has 0 aliphatic heterocycles. The number of halogens is 2. The first-order chi connectivity index (χ1) is 12.5. The molecule has 0 N–H and O–H groups in total. The Kier molecular flexibility index (Phi) is 5.91. The fourth-order valence-electron chi connectivity index (χ4n) is 2.22. The van der Waals surface area contributed by atoms with Crippen molar-refractivity contribution in [3.8, 4) is 5.75 Å². The summed E-state index contributed by atoms with van der Waals surface area (Å²) < 4.78 is 24.2. The molecule has 0 amide bonds. The minimum absolute atomic E-state index is 0.00360. The van der Waals surface area contributed by atoms with Gasteiger partial charge in [0, 0.05) is 10.9 Å². The van der Waals surface area contributed by atoms with Gasteiger partial charge in [-0.05, 0) is 55.0 Å². The first-order valence-electron chi connectivity index (χ1n) is 8.03. The summed E-state index contributed by atoms with van der Waals surface area (Å²) in [7, 11) is 0. The van der Waals surface area contributed by atoms with Gasteiger partial charge < -0.3 is 9.15 Å². The summed E-state index contributed by atoms with van der Waals surface area (Å²) in [4.78, 5) is 14.0. The van der Waals surface area contributed by atoms with Gasteiger partial charge in [0.2, 0.25) is 0 Å². The van der Waals surface area contributed by atoms with Crippen LogP contribution in [0.4, 0.5) is 4.39 Å². The second-order valence-corrected chi connectivity index (χ2v) is 7.06. The van der Waals surface area contributed by atoms with Gasteiger partial charge in [0.1, 0.15) is 29.7 Å². The molecule has 26 heavy (non-hydrogen) atoms. The van der Waals surface area contributed by atoms with E-state index < -0.39 is 5.82 Å². The van der Waals surface area contributed by atoms with Gasteiger partial charge >= 0.3 is 0 Å². The number of rotatable bonds is 7. The summed E-state index contributed by atoms with van der Waals surface area (Å²) >= 11 is 7.21. The summed E-state index contributed by atoms with van der Waals surface area (Å²) in [5, 5.41) is 0.00360. The average Bonchev–Trinajstić information content (AvgIpc) is 3.30. The molecule has 1 aromatic carbocycles. The summed E-state index contributed by atoms with van der Waals surface area (Å²) in [5.41, 5.74) is 0. The lowest BCUT2D eigenvalue weighted by Crippen LogP contribution is -1.94. The number of hydrogen-bond donors (Lipinski definition) is 0. The molecule has 6 heteroatoms. The van der Waals surface area contributed by atoms with Crippen molar-refractivity contribution in [2.24, 2.45) is 0 Å². The Labute approximate surface area is 159 Å². The van der Waals surface area contributed by atoms with Crippen molar-refractivity contribution in [2.75, 3.05) is 0 Å². The second-order valence-electron chi connectivity index (χ2n) is 5.49. The SMILES string of the molecule is CCc1ccc(C(=O)/C=C/c2ccc(COc3ccc(F)c(Cl)c3)o2)s1. The molecule has 0 aliphatic rings. The number of carbonyl (C=O) groups excluding carboxylic acids is 1. The molecule has 2 aromatic heterocycles. The maximum Gasteiger partial charge on any atom is 0.195 e. The van der Waals surface area contributed by atoms with Gasteiger partial charge in [0.15, 0.2) is 5.78 Å². The number of furan rings is 1. The Bertz CT molecular complexity index is 942. The van der Waals surface area contributed by atoms with Gasteiger partial charge in [-0.3, -0.25) is 4.79 Å². The van der Waals surface area contributed by atoms with Crippen LogP contribution < -0.4 is 4.74 Å². The van der Waals surface area contributed by atoms with Gasteiger partial charge in [-0.15, -0.1) is 11.3 Å². The highest BCUT2D eigenvalue weighted by molar-refractivity contribution is 7.14. The lowest BCUT2D eigenvalue weighted by Gasteiger charge is -2.04. The Balaban J connectivity index is 1.58. The van der Waals surface area contributed by atoms with Crippen LogP contribution >= 0.6 is 22.9 Å². The zero-order valence-corrected chi connectivity index (χ0v) is 15.6. The predicted molar refractivity (Wildman–Crippen MR) is 102 cm³/mol. The molecule has 0 bridgehead atoms. The van der Waals surface area contributed by atoms with Crippen molar-refractivity contribution in [3.05, 3.63) is 80.7 Å². The molecule has 0 atom stereocenters. The Morgan fingerprint density at radius 3 is 2.85 bits per heavy atom. The molecule has 0 spiro atoms. The Morgan fingerprint density at radius 1 is 1.27 bits per heavy atom. The molecule has 0 saturated heterocycles. The van der Waals surface area contributed by atoms with Gasteiger partial charge in [0.25, 0.3) is 0 Å². The van der Waals surface area contributed by atoms with Crippen molar-refractivity contribution in [2.45, 2.75) is 20.0 Å². The van der Waals surface area contributed by atoms with Crippen LogP contribution in [0.2, 0.25) is 5.02 Å². The Morgan fingerprint density at radius 2 is 2.12 bits per heavy atom. The Hall–Kier alpha value is -2.37. The predicted octanol–water partition coefficient (Wildman–Crippen LogP) is 6.17. The number of thiophene rings is 1. The van der Waals surface area contributed by atoms with E-state index in [1.807, 2.05) is 12.1 Å². The maximum atomic E-state index is 13.1. The summed E-state index contributed by atoms with van der Waals surface area (Å²) in [6, 6.07) is 11.5. The van der Waals surface area contributed by atoms with Gasteiger partial charge in [0.05, 0.1) is 9.90 Å². The lowest BCUT2D eigenvalue weighted by molar-refractivity contribution is 0.105. The topological polar surface area (TPSA) is 39.4 Å². The third kappa shape index (κ3) is 4.62. The first kappa shape index (κ1) is 18.4. The number of ether oxygens (including phenoxy) is 1. The molecule has 134 valence electrons. The van der Waals surface area contributed by atoms with Crippen molar-refractivity contribution in [1.29, 1.82) is 0 Å². The van der Waals surface area contributed by atoms with Crippen molar-refractivity contribution in [3.63, 3.8) is 0 Å². The number of carbonyl (C=O) groups is 1.